The van der Waals surface area contributed by atoms with Gasteiger partial charge in [-0.2, -0.15) is 11.8 Å². The van der Waals surface area contributed by atoms with Crippen molar-refractivity contribution in [2.45, 2.75) is 13.8 Å². The van der Waals surface area contributed by atoms with Crippen LogP contribution in [0.4, 0.5) is 5.69 Å². The van der Waals surface area contributed by atoms with Crippen LogP contribution in [-0.4, -0.2) is 29.6 Å². The third-order valence-corrected chi connectivity index (χ3v) is 2.90. The number of carbonyl (C=O) groups excluding carboxylic acids is 1. The summed E-state index contributed by atoms with van der Waals surface area (Å²) in [5, 5.41) is 9.45. The third-order valence-electron chi connectivity index (χ3n) is 2.37. The molecule has 0 spiro atoms. The van der Waals surface area contributed by atoms with Gasteiger partial charge in [0.25, 0.3) is 0 Å². The standard InChI is InChI=1S/C12H17NO2S/c1-4-13(12(15)8-16-3)11-7-10(14)6-5-9(11)2/h5-7,14H,4,8H2,1-3H3. The molecule has 0 aromatic heterocycles. The maximum atomic E-state index is 11.9. The van der Waals surface area contributed by atoms with Gasteiger partial charge >= 0.3 is 0 Å². The van der Waals surface area contributed by atoms with Crippen molar-refractivity contribution in [2.75, 3.05) is 23.5 Å². The third kappa shape index (κ3) is 2.92. The number of hydrogen-bond donors (Lipinski definition) is 1. The van der Waals surface area contributed by atoms with Crippen LogP contribution in [0.15, 0.2) is 18.2 Å². The Bertz CT molecular complexity index is 379. The molecule has 1 amide bonds. The SMILES string of the molecule is CCN(C(=O)CSC)c1cc(O)ccc1C. The van der Waals surface area contributed by atoms with Gasteiger partial charge in [0.1, 0.15) is 5.75 Å². The molecule has 88 valence electrons. The second-order valence-corrected chi connectivity index (χ2v) is 4.41. The molecule has 0 aliphatic heterocycles. The van der Waals surface area contributed by atoms with E-state index in [1.807, 2.05) is 26.2 Å². The lowest BCUT2D eigenvalue weighted by molar-refractivity contribution is -0.116. The largest absolute Gasteiger partial charge is 0.508 e. The van der Waals surface area contributed by atoms with Crippen LogP contribution >= 0.6 is 11.8 Å². The van der Waals surface area contributed by atoms with E-state index in [0.29, 0.717) is 12.3 Å². The first-order valence-corrected chi connectivity index (χ1v) is 6.58. The molecule has 4 heteroatoms. The number of aryl methyl sites for hydroxylation is 1. The van der Waals surface area contributed by atoms with E-state index in [9.17, 15) is 9.90 Å². The van der Waals surface area contributed by atoms with Crippen LogP contribution in [0.2, 0.25) is 0 Å². The Kier molecular flexibility index (Phi) is 4.68. The Morgan fingerprint density at radius 1 is 1.50 bits per heavy atom. The average molecular weight is 239 g/mol. The number of phenols is 1. The zero-order valence-electron chi connectivity index (χ0n) is 9.86. The minimum absolute atomic E-state index is 0.0729. The van der Waals surface area contributed by atoms with E-state index in [2.05, 4.69) is 0 Å². The molecule has 1 aromatic carbocycles. The fraction of sp³-hybridized carbons (Fsp3) is 0.417. The fourth-order valence-electron chi connectivity index (χ4n) is 1.57. The maximum Gasteiger partial charge on any atom is 0.236 e. The lowest BCUT2D eigenvalue weighted by Crippen LogP contribution is -2.32. The molecule has 0 aliphatic carbocycles. The highest BCUT2D eigenvalue weighted by atomic mass is 32.2. The van der Waals surface area contributed by atoms with Crippen molar-refractivity contribution in [3.05, 3.63) is 23.8 Å². The second kappa shape index (κ2) is 5.80. The number of rotatable bonds is 4. The Morgan fingerprint density at radius 3 is 2.75 bits per heavy atom. The highest BCUT2D eigenvalue weighted by Crippen LogP contribution is 2.25. The summed E-state index contributed by atoms with van der Waals surface area (Å²) in [6.45, 7) is 4.48. The number of carbonyl (C=O) groups is 1. The lowest BCUT2D eigenvalue weighted by Gasteiger charge is -2.22. The molecule has 0 atom stereocenters. The first-order chi connectivity index (χ1) is 7.60. The van der Waals surface area contributed by atoms with Crippen LogP contribution in [0.25, 0.3) is 0 Å². The van der Waals surface area contributed by atoms with Gasteiger partial charge in [-0.1, -0.05) is 6.07 Å². The molecule has 16 heavy (non-hydrogen) atoms. The predicted molar refractivity (Wildman–Crippen MR) is 69.3 cm³/mol. The molecule has 0 unspecified atom stereocenters. The summed E-state index contributed by atoms with van der Waals surface area (Å²) < 4.78 is 0. The van der Waals surface area contributed by atoms with Crippen LogP contribution in [0.3, 0.4) is 0 Å². The Labute approximate surface area is 100 Å². The molecule has 0 saturated carbocycles. The van der Waals surface area contributed by atoms with E-state index in [1.54, 1.807) is 17.0 Å². The van der Waals surface area contributed by atoms with E-state index >= 15 is 0 Å². The van der Waals surface area contributed by atoms with Crippen molar-refractivity contribution in [3.63, 3.8) is 0 Å². The van der Waals surface area contributed by atoms with Gasteiger partial charge in [0, 0.05) is 12.6 Å². The first-order valence-electron chi connectivity index (χ1n) is 5.19. The molecule has 0 radical (unpaired) electrons. The molecule has 1 N–H and O–H groups in total. The monoisotopic (exact) mass is 239 g/mol. The number of thioether (sulfide) groups is 1. The zero-order valence-corrected chi connectivity index (χ0v) is 10.7. The van der Waals surface area contributed by atoms with Gasteiger partial charge in [-0.05, 0) is 31.7 Å². The number of phenolic OH excluding ortho intramolecular Hbond substituents is 1. The fourth-order valence-corrected chi connectivity index (χ4v) is 1.97. The minimum atomic E-state index is 0.0729. The number of amides is 1. The summed E-state index contributed by atoms with van der Waals surface area (Å²) in [4.78, 5) is 13.6. The lowest BCUT2D eigenvalue weighted by atomic mass is 10.1. The smallest absolute Gasteiger partial charge is 0.236 e. The molecule has 1 aromatic rings. The van der Waals surface area contributed by atoms with Crippen molar-refractivity contribution in [1.82, 2.24) is 0 Å². The van der Waals surface area contributed by atoms with Crippen LogP contribution in [0.5, 0.6) is 5.75 Å². The summed E-state index contributed by atoms with van der Waals surface area (Å²) in [6, 6.07) is 5.09. The molecular weight excluding hydrogens is 222 g/mol. The van der Waals surface area contributed by atoms with Gasteiger partial charge < -0.3 is 10.0 Å². The predicted octanol–water partition coefficient (Wildman–Crippen LogP) is 2.42. The van der Waals surface area contributed by atoms with E-state index in [4.69, 9.17) is 0 Å². The van der Waals surface area contributed by atoms with E-state index < -0.39 is 0 Å². The Hall–Kier alpha value is -1.16. The van der Waals surface area contributed by atoms with Crippen LogP contribution in [0.1, 0.15) is 12.5 Å². The van der Waals surface area contributed by atoms with Gasteiger partial charge in [-0.15, -0.1) is 0 Å². The summed E-state index contributed by atoms with van der Waals surface area (Å²) >= 11 is 1.50. The van der Waals surface area contributed by atoms with Crippen molar-refractivity contribution in [3.8, 4) is 5.75 Å². The minimum Gasteiger partial charge on any atom is -0.508 e. The summed E-state index contributed by atoms with van der Waals surface area (Å²) in [6.07, 6.45) is 1.90. The van der Waals surface area contributed by atoms with E-state index in [0.717, 1.165) is 11.3 Å². The molecule has 1 rings (SSSR count). The number of benzene rings is 1. The van der Waals surface area contributed by atoms with Gasteiger partial charge in [0.15, 0.2) is 0 Å². The van der Waals surface area contributed by atoms with Crippen molar-refractivity contribution >= 4 is 23.4 Å². The number of anilines is 1. The molecular formula is C12H17NO2S. The van der Waals surface area contributed by atoms with Gasteiger partial charge in [-0.25, -0.2) is 0 Å². The van der Waals surface area contributed by atoms with Gasteiger partial charge in [-0.3, -0.25) is 4.79 Å². The quantitative estimate of drug-likeness (QED) is 0.877. The van der Waals surface area contributed by atoms with Gasteiger partial charge in [0.05, 0.1) is 11.4 Å². The van der Waals surface area contributed by atoms with Crippen molar-refractivity contribution < 1.29 is 9.90 Å². The Morgan fingerprint density at radius 2 is 2.19 bits per heavy atom. The summed E-state index contributed by atoms with van der Waals surface area (Å²) in [5.41, 5.74) is 1.79. The van der Waals surface area contributed by atoms with Gasteiger partial charge in [0.2, 0.25) is 5.91 Å². The maximum absolute atomic E-state index is 11.9. The summed E-state index contributed by atoms with van der Waals surface area (Å²) in [5.74, 6) is 0.725. The van der Waals surface area contributed by atoms with Crippen molar-refractivity contribution in [2.24, 2.45) is 0 Å². The topological polar surface area (TPSA) is 40.5 Å². The molecule has 3 nitrogen and oxygen atoms in total. The van der Waals surface area contributed by atoms with E-state index in [-0.39, 0.29) is 11.7 Å². The van der Waals surface area contributed by atoms with Crippen LogP contribution in [0, 0.1) is 6.92 Å². The molecule has 0 saturated heterocycles. The molecule has 0 bridgehead atoms. The average Bonchev–Trinajstić information content (AvgIpc) is 2.24. The number of hydrogen-bond acceptors (Lipinski definition) is 3. The zero-order chi connectivity index (χ0) is 12.1. The summed E-state index contributed by atoms with van der Waals surface area (Å²) in [7, 11) is 0. The van der Waals surface area contributed by atoms with Crippen molar-refractivity contribution in [1.29, 1.82) is 0 Å². The molecule has 0 heterocycles. The highest BCUT2D eigenvalue weighted by molar-refractivity contribution is 7.99. The van der Waals surface area contributed by atoms with E-state index in [1.165, 1.54) is 11.8 Å². The highest BCUT2D eigenvalue weighted by Gasteiger charge is 2.15. The molecule has 0 aliphatic rings. The normalized spacial score (nSPS) is 10.2. The Balaban J connectivity index is 3.03. The molecule has 0 fully saturated rings. The number of nitrogens with zero attached hydrogens (tertiary/aromatic N) is 1. The second-order valence-electron chi connectivity index (χ2n) is 3.54. The van der Waals surface area contributed by atoms with Crippen LogP contribution in [-0.2, 0) is 4.79 Å². The first kappa shape index (κ1) is 12.9. The van der Waals surface area contributed by atoms with Crippen LogP contribution < -0.4 is 4.90 Å². The number of aromatic hydroxyl groups is 1.